The van der Waals surface area contributed by atoms with E-state index in [0.29, 0.717) is 11.7 Å². The molecular weight excluding hydrogens is 330 g/mol. The van der Waals surface area contributed by atoms with Crippen LogP contribution in [-0.2, 0) is 11.3 Å². The van der Waals surface area contributed by atoms with Gasteiger partial charge in [0.1, 0.15) is 0 Å². The summed E-state index contributed by atoms with van der Waals surface area (Å²) in [6, 6.07) is 3.14. The number of carbonyl (C=O) groups excluding carboxylic acids is 1. The maximum Gasteiger partial charge on any atom is 0.250 e. The highest BCUT2D eigenvalue weighted by Gasteiger charge is 2.06. The zero-order valence-corrected chi connectivity index (χ0v) is 12.6. The van der Waals surface area contributed by atoms with Crippen LogP contribution < -0.4 is 10.9 Å². The Kier molecular flexibility index (Phi) is 4.49. The molecule has 2 heterocycles. The van der Waals surface area contributed by atoms with Gasteiger partial charge >= 0.3 is 0 Å². The van der Waals surface area contributed by atoms with Gasteiger partial charge in [-0.25, -0.2) is 4.98 Å². The van der Waals surface area contributed by atoms with Crippen molar-refractivity contribution in [2.45, 2.75) is 19.9 Å². The third kappa shape index (κ3) is 4.00. The predicted molar refractivity (Wildman–Crippen MR) is 78.5 cm³/mol. The number of thiazole rings is 1. The first-order chi connectivity index (χ1) is 9.04. The van der Waals surface area contributed by atoms with Crippen molar-refractivity contribution in [3.05, 3.63) is 44.2 Å². The van der Waals surface area contributed by atoms with Crippen LogP contribution in [0.5, 0.6) is 0 Å². The monoisotopic (exact) mass is 341 g/mol. The van der Waals surface area contributed by atoms with Gasteiger partial charge in [-0.1, -0.05) is 0 Å². The minimum atomic E-state index is -0.152. The van der Waals surface area contributed by atoms with E-state index >= 15 is 0 Å². The fourth-order valence-electron chi connectivity index (χ4n) is 1.49. The van der Waals surface area contributed by atoms with Crippen LogP contribution in [0.2, 0.25) is 0 Å². The molecule has 0 radical (unpaired) electrons. The molecule has 0 aliphatic rings. The Hall–Kier alpha value is -1.47. The number of hydrogen-bond acceptors (Lipinski definition) is 4. The van der Waals surface area contributed by atoms with Gasteiger partial charge in [-0.05, 0) is 28.9 Å². The topological polar surface area (TPSA) is 64.0 Å². The number of nitrogens with zero attached hydrogens (tertiary/aromatic N) is 2. The highest BCUT2D eigenvalue weighted by atomic mass is 79.9. The summed E-state index contributed by atoms with van der Waals surface area (Å²) >= 11 is 4.72. The van der Waals surface area contributed by atoms with Crippen LogP contribution >= 0.6 is 27.3 Å². The summed E-state index contributed by atoms with van der Waals surface area (Å²) in [7, 11) is 0. The van der Waals surface area contributed by atoms with Crippen molar-refractivity contribution in [1.29, 1.82) is 0 Å². The van der Waals surface area contributed by atoms with Gasteiger partial charge in [0.15, 0.2) is 5.13 Å². The lowest BCUT2D eigenvalue weighted by Gasteiger charge is -2.05. The number of halogens is 1. The van der Waals surface area contributed by atoms with Crippen LogP contribution in [0.25, 0.3) is 0 Å². The summed E-state index contributed by atoms with van der Waals surface area (Å²) in [5, 5.41) is 3.30. The molecule has 19 heavy (non-hydrogen) atoms. The van der Waals surface area contributed by atoms with Crippen LogP contribution in [0.4, 0.5) is 5.13 Å². The molecule has 2 aromatic heterocycles. The average Bonchev–Trinajstić information content (AvgIpc) is 2.76. The zero-order valence-electron chi connectivity index (χ0n) is 10.2. The fraction of sp³-hybridized carbons (Fsp3) is 0.250. The number of hydrogen-bond donors (Lipinski definition) is 1. The van der Waals surface area contributed by atoms with Gasteiger partial charge < -0.3 is 9.88 Å². The Morgan fingerprint density at radius 3 is 3.00 bits per heavy atom. The molecule has 0 unspecified atom stereocenters. The van der Waals surface area contributed by atoms with Crippen LogP contribution in [-0.4, -0.2) is 15.5 Å². The Labute approximate surface area is 122 Å². The predicted octanol–water partition coefficient (Wildman–Crippen LogP) is 2.40. The molecular formula is C12H12BrN3O2S. The van der Waals surface area contributed by atoms with Crippen molar-refractivity contribution in [1.82, 2.24) is 9.55 Å². The van der Waals surface area contributed by atoms with E-state index in [1.54, 1.807) is 18.5 Å². The second-order valence-electron chi connectivity index (χ2n) is 3.95. The molecule has 1 amide bonds. The maximum atomic E-state index is 11.7. The van der Waals surface area contributed by atoms with Crippen molar-refractivity contribution in [2.24, 2.45) is 0 Å². The number of nitrogens with one attached hydrogen (secondary N) is 1. The van der Waals surface area contributed by atoms with Crippen molar-refractivity contribution in [2.75, 3.05) is 5.32 Å². The summed E-state index contributed by atoms with van der Waals surface area (Å²) in [6.07, 6.45) is 3.61. The van der Waals surface area contributed by atoms with Crippen molar-refractivity contribution >= 4 is 38.3 Å². The average molecular weight is 342 g/mol. The summed E-state index contributed by atoms with van der Waals surface area (Å²) in [5.74, 6) is -0.152. The molecule has 0 aliphatic carbocycles. The molecule has 1 N–H and O–H groups in total. The largest absolute Gasteiger partial charge is 0.314 e. The third-order valence-electron chi connectivity index (χ3n) is 2.39. The highest BCUT2D eigenvalue weighted by molar-refractivity contribution is 9.10. The van der Waals surface area contributed by atoms with Gasteiger partial charge in [0.2, 0.25) is 5.91 Å². The zero-order chi connectivity index (χ0) is 13.8. The van der Waals surface area contributed by atoms with E-state index in [1.807, 2.05) is 6.92 Å². The first kappa shape index (κ1) is 14.0. The molecule has 0 aliphatic heterocycles. The number of aryl methyl sites for hydroxylation is 2. The van der Waals surface area contributed by atoms with Crippen LogP contribution in [0.15, 0.2) is 33.8 Å². The molecule has 100 valence electrons. The summed E-state index contributed by atoms with van der Waals surface area (Å²) in [5.41, 5.74) is -0.124. The molecule has 0 bridgehead atoms. The Bertz CT molecular complexity index is 650. The number of anilines is 1. The molecule has 2 rings (SSSR count). The standard InChI is InChI=1S/C12H12BrN3O2S/c1-8-6-14-12(19-8)15-10(17)4-5-16-7-9(13)2-3-11(16)18/h2-3,6-7H,4-5H2,1H3,(H,14,15,17). The minimum absolute atomic E-state index is 0.124. The van der Waals surface area contributed by atoms with Crippen molar-refractivity contribution in [3.63, 3.8) is 0 Å². The SMILES string of the molecule is Cc1cnc(NC(=O)CCn2cc(Br)ccc2=O)s1. The molecule has 2 aromatic rings. The first-order valence-electron chi connectivity index (χ1n) is 5.63. The number of aromatic nitrogens is 2. The lowest BCUT2D eigenvalue weighted by Crippen LogP contribution is -2.22. The molecule has 0 fully saturated rings. The lowest BCUT2D eigenvalue weighted by atomic mass is 10.4. The van der Waals surface area contributed by atoms with Gasteiger partial charge in [0, 0.05) is 40.8 Å². The second kappa shape index (κ2) is 6.12. The van der Waals surface area contributed by atoms with E-state index < -0.39 is 0 Å². The quantitative estimate of drug-likeness (QED) is 0.928. The van der Waals surface area contributed by atoms with E-state index in [1.165, 1.54) is 22.0 Å². The number of amides is 1. The van der Waals surface area contributed by atoms with Crippen molar-refractivity contribution in [3.8, 4) is 0 Å². The highest BCUT2D eigenvalue weighted by Crippen LogP contribution is 2.16. The first-order valence-corrected chi connectivity index (χ1v) is 7.24. The van der Waals surface area contributed by atoms with E-state index in [0.717, 1.165) is 9.35 Å². The maximum absolute atomic E-state index is 11.7. The number of pyridine rings is 1. The van der Waals surface area contributed by atoms with Gasteiger partial charge in [0.25, 0.3) is 5.56 Å². The number of rotatable bonds is 4. The lowest BCUT2D eigenvalue weighted by molar-refractivity contribution is -0.116. The normalized spacial score (nSPS) is 10.4. The van der Waals surface area contributed by atoms with Gasteiger partial charge in [-0.3, -0.25) is 9.59 Å². The molecule has 0 spiro atoms. The molecule has 0 saturated heterocycles. The summed E-state index contributed by atoms with van der Waals surface area (Å²) < 4.78 is 2.31. The summed E-state index contributed by atoms with van der Waals surface area (Å²) in [6.45, 7) is 2.27. The molecule has 0 aromatic carbocycles. The van der Waals surface area contributed by atoms with E-state index in [9.17, 15) is 9.59 Å². The van der Waals surface area contributed by atoms with Gasteiger partial charge in [0.05, 0.1) is 0 Å². The molecule has 0 saturated carbocycles. The fourth-order valence-corrected chi connectivity index (χ4v) is 2.55. The summed E-state index contributed by atoms with van der Waals surface area (Å²) in [4.78, 5) is 28.4. The van der Waals surface area contributed by atoms with Crippen LogP contribution in [0.1, 0.15) is 11.3 Å². The number of carbonyl (C=O) groups is 1. The third-order valence-corrected chi connectivity index (χ3v) is 3.69. The Balaban J connectivity index is 1.93. The van der Waals surface area contributed by atoms with Crippen LogP contribution in [0.3, 0.4) is 0 Å². The van der Waals surface area contributed by atoms with E-state index in [2.05, 4.69) is 26.2 Å². The van der Waals surface area contributed by atoms with Crippen molar-refractivity contribution < 1.29 is 4.79 Å². The molecule has 7 heteroatoms. The van der Waals surface area contributed by atoms with Gasteiger partial charge in [-0.2, -0.15) is 0 Å². The molecule has 5 nitrogen and oxygen atoms in total. The Morgan fingerprint density at radius 1 is 1.53 bits per heavy atom. The van der Waals surface area contributed by atoms with Gasteiger partial charge in [-0.15, -0.1) is 11.3 Å². The second-order valence-corrected chi connectivity index (χ2v) is 6.10. The van der Waals surface area contributed by atoms with E-state index in [4.69, 9.17) is 0 Å². The Morgan fingerprint density at radius 2 is 2.32 bits per heavy atom. The molecule has 0 atom stereocenters. The smallest absolute Gasteiger partial charge is 0.250 e. The van der Waals surface area contributed by atoms with E-state index in [-0.39, 0.29) is 17.9 Å². The minimum Gasteiger partial charge on any atom is -0.314 e. The van der Waals surface area contributed by atoms with Crippen LogP contribution in [0, 0.1) is 6.92 Å².